The standard InChI is InChI=1S/C13H18BrN3O3/c1-3-9-12(14)10(17(4-2)15-9)7-16-6-8(13(19)20)5-11(16)18/h8H,3-7H2,1-2H3,(H,19,20). The first-order chi connectivity index (χ1) is 9.47. The van der Waals surface area contributed by atoms with Gasteiger partial charge in [0.15, 0.2) is 0 Å². The molecule has 110 valence electrons. The highest BCUT2D eigenvalue weighted by Gasteiger charge is 2.35. The van der Waals surface area contributed by atoms with Crippen molar-refractivity contribution in [3.8, 4) is 0 Å². The molecule has 1 aromatic rings. The maximum atomic E-state index is 11.9. The second kappa shape index (κ2) is 5.95. The van der Waals surface area contributed by atoms with Gasteiger partial charge >= 0.3 is 5.97 Å². The average molecular weight is 344 g/mol. The van der Waals surface area contributed by atoms with Crippen LogP contribution in [-0.4, -0.2) is 38.2 Å². The van der Waals surface area contributed by atoms with Crippen molar-refractivity contribution in [1.82, 2.24) is 14.7 Å². The zero-order chi connectivity index (χ0) is 14.9. The number of carboxylic acids is 1. The Morgan fingerprint density at radius 2 is 2.20 bits per heavy atom. The lowest BCUT2D eigenvalue weighted by Gasteiger charge is -2.17. The number of carboxylic acid groups (broad SMARTS) is 1. The molecule has 1 aromatic heterocycles. The second-order valence-electron chi connectivity index (χ2n) is 4.89. The number of likely N-dealkylation sites (tertiary alicyclic amines) is 1. The van der Waals surface area contributed by atoms with Crippen molar-refractivity contribution in [2.24, 2.45) is 5.92 Å². The van der Waals surface area contributed by atoms with E-state index < -0.39 is 11.9 Å². The van der Waals surface area contributed by atoms with Crippen molar-refractivity contribution in [2.45, 2.75) is 39.8 Å². The Morgan fingerprint density at radius 3 is 2.70 bits per heavy atom. The minimum Gasteiger partial charge on any atom is -0.481 e. The third kappa shape index (κ3) is 2.72. The van der Waals surface area contributed by atoms with Crippen LogP contribution in [0.25, 0.3) is 0 Å². The number of carbonyl (C=O) groups excluding carboxylic acids is 1. The molecule has 20 heavy (non-hydrogen) atoms. The molecule has 2 rings (SSSR count). The number of aryl methyl sites for hydroxylation is 2. The van der Waals surface area contributed by atoms with Gasteiger partial charge in [-0.2, -0.15) is 5.10 Å². The molecule has 0 bridgehead atoms. The van der Waals surface area contributed by atoms with E-state index in [-0.39, 0.29) is 18.9 Å². The number of aromatic nitrogens is 2. The van der Waals surface area contributed by atoms with Crippen molar-refractivity contribution in [3.05, 3.63) is 15.9 Å². The summed E-state index contributed by atoms with van der Waals surface area (Å²) in [6.07, 6.45) is 0.903. The molecular weight excluding hydrogens is 326 g/mol. The Morgan fingerprint density at radius 1 is 1.50 bits per heavy atom. The van der Waals surface area contributed by atoms with E-state index >= 15 is 0 Å². The molecule has 0 saturated carbocycles. The summed E-state index contributed by atoms with van der Waals surface area (Å²) in [5.74, 6) is -1.60. The van der Waals surface area contributed by atoms with Crippen LogP contribution in [0.4, 0.5) is 0 Å². The Labute approximate surface area is 125 Å². The number of nitrogens with zero attached hydrogens (tertiary/aromatic N) is 3. The molecule has 1 N–H and O–H groups in total. The molecule has 7 heteroatoms. The molecule has 1 unspecified atom stereocenters. The average Bonchev–Trinajstić information content (AvgIpc) is 2.93. The maximum absolute atomic E-state index is 11.9. The first kappa shape index (κ1) is 15.0. The Bertz CT molecular complexity index is 541. The van der Waals surface area contributed by atoms with E-state index in [2.05, 4.69) is 21.0 Å². The van der Waals surface area contributed by atoms with Gasteiger partial charge in [-0.25, -0.2) is 0 Å². The lowest BCUT2D eigenvalue weighted by atomic mass is 10.1. The quantitative estimate of drug-likeness (QED) is 0.882. The maximum Gasteiger partial charge on any atom is 0.308 e. The Kier molecular flexibility index (Phi) is 4.47. The molecule has 0 spiro atoms. The third-order valence-corrected chi connectivity index (χ3v) is 4.51. The fourth-order valence-electron chi connectivity index (χ4n) is 2.44. The fraction of sp³-hybridized carbons (Fsp3) is 0.615. The summed E-state index contributed by atoms with van der Waals surface area (Å²) in [5.41, 5.74) is 1.90. The molecule has 0 radical (unpaired) electrons. The van der Waals surface area contributed by atoms with Gasteiger partial charge in [0.1, 0.15) is 0 Å². The molecule has 6 nitrogen and oxygen atoms in total. The van der Waals surface area contributed by atoms with Crippen molar-refractivity contribution in [2.75, 3.05) is 6.54 Å². The molecule has 1 amide bonds. The van der Waals surface area contributed by atoms with Gasteiger partial charge in [0.05, 0.1) is 28.3 Å². The second-order valence-corrected chi connectivity index (χ2v) is 5.68. The zero-order valence-corrected chi connectivity index (χ0v) is 13.2. The van der Waals surface area contributed by atoms with E-state index in [4.69, 9.17) is 5.11 Å². The molecule has 1 aliphatic heterocycles. The number of carbonyl (C=O) groups is 2. The first-order valence-electron chi connectivity index (χ1n) is 6.72. The van der Waals surface area contributed by atoms with Crippen LogP contribution >= 0.6 is 15.9 Å². The Balaban J connectivity index is 2.20. The summed E-state index contributed by atoms with van der Waals surface area (Å²) in [5, 5.41) is 13.5. The number of hydrogen-bond acceptors (Lipinski definition) is 3. The van der Waals surface area contributed by atoms with Gasteiger partial charge in [-0.15, -0.1) is 0 Å². The van der Waals surface area contributed by atoms with E-state index in [1.807, 2.05) is 18.5 Å². The van der Waals surface area contributed by atoms with Crippen molar-refractivity contribution in [1.29, 1.82) is 0 Å². The summed E-state index contributed by atoms with van der Waals surface area (Å²) in [6, 6.07) is 0. The van der Waals surface area contributed by atoms with Crippen LogP contribution in [0, 0.1) is 5.92 Å². The lowest BCUT2D eigenvalue weighted by Crippen LogP contribution is -2.27. The van der Waals surface area contributed by atoms with Gasteiger partial charge in [0.2, 0.25) is 5.91 Å². The van der Waals surface area contributed by atoms with Crippen LogP contribution in [-0.2, 0) is 29.1 Å². The molecule has 0 aliphatic carbocycles. The summed E-state index contributed by atoms with van der Waals surface area (Å²) in [4.78, 5) is 24.5. The van der Waals surface area contributed by atoms with Crippen molar-refractivity contribution >= 4 is 27.8 Å². The third-order valence-electron chi connectivity index (χ3n) is 3.60. The monoisotopic (exact) mass is 343 g/mol. The van der Waals surface area contributed by atoms with Crippen LogP contribution in [0.15, 0.2) is 4.47 Å². The fourth-order valence-corrected chi connectivity index (χ4v) is 3.13. The molecule has 1 aliphatic rings. The van der Waals surface area contributed by atoms with Crippen LogP contribution in [0.2, 0.25) is 0 Å². The van der Waals surface area contributed by atoms with Crippen LogP contribution in [0.3, 0.4) is 0 Å². The summed E-state index contributed by atoms with van der Waals surface area (Å²) < 4.78 is 2.79. The van der Waals surface area contributed by atoms with Gasteiger partial charge < -0.3 is 10.0 Å². The molecular formula is C13H18BrN3O3. The number of amides is 1. The van der Waals surface area contributed by atoms with Gasteiger partial charge in [0, 0.05) is 19.5 Å². The van der Waals surface area contributed by atoms with Gasteiger partial charge in [-0.3, -0.25) is 14.3 Å². The number of hydrogen-bond donors (Lipinski definition) is 1. The highest BCUT2D eigenvalue weighted by molar-refractivity contribution is 9.10. The van der Waals surface area contributed by atoms with Gasteiger partial charge in [-0.1, -0.05) is 6.92 Å². The smallest absolute Gasteiger partial charge is 0.308 e. The molecule has 2 heterocycles. The molecule has 1 saturated heterocycles. The number of aliphatic carboxylic acids is 1. The van der Waals surface area contributed by atoms with E-state index in [1.54, 1.807) is 4.90 Å². The molecule has 1 atom stereocenters. The number of halogens is 1. The normalized spacial score (nSPS) is 18.9. The van der Waals surface area contributed by atoms with E-state index in [0.29, 0.717) is 6.54 Å². The van der Waals surface area contributed by atoms with E-state index in [1.165, 1.54) is 0 Å². The van der Waals surface area contributed by atoms with E-state index in [0.717, 1.165) is 28.8 Å². The summed E-state index contributed by atoms with van der Waals surface area (Å²) in [6.45, 7) is 5.42. The topological polar surface area (TPSA) is 75.4 Å². The predicted molar refractivity (Wildman–Crippen MR) is 76.1 cm³/mol. The predicted octanol–water partition coefficient (Wildman–Crippen LogP) is 1.66. The highest BCUT2D eigenvalue weighted by Crippen LogP contribution is 2.26. The highest BCUT2D eigenvalue weighted by atomic mass is 79.9. The Hall–Kier alpha value is -1.37. The van der Waals surface area contributed by atoms with Crippen LogP contribution in [0.5, 0.6) is 0 Å². The van der Waals surface area contributed by atoms with E-state index in [9.17, 15) is 9.59 Å². The number of rotatable bonds is 5. The molecule has 1 fully saturated rings. The summed E-state index contributed by atoms with van der Waals surface area (Å²) in [7, 11) is 0. The SMILES string of the molecule is CCc1nn(CC)c(CN2CC(C(=O)O)CC2=O)c1Br. The van der Waals surface area contributed by atoms with Gasteiger partial charge in [-0.05, 0) is 29.3 Å². The lowest BCUT2D eigenvalue weighted by molar-refractivity contribution is -0.141. The minimum atomic E-state index is -0.904. The van der Waals surface area contributed by atoms with Gasteiger partial charge in [0.25, 0.3) is 0 Å². The minimum absolute atomic E-state index is 0.0911. The first-order valence-corrected chi connectivity index (χ1v) is 7.51. The van der Waals surface area contributed by atoms with Crippen LogP contribution < -0.4 is 0 Å². The molecule has 0 aromatic carbocycles. The largest absolute Gasteiger partial charge is 0.481 e. The van der Waals surface area contributed by atoms with Crippen molar-refractivity contribution in [3.63, 3.8) is 0 Å². The summed E-state index contributed by atoms with van der Waals surface area (Å²) >= 11 is 3.54. The van der Waals surface area contributed by atoms with Crippen molar-refractivity contribution < 1.29 is 14.7 Å². The zero-order valence-electron chi connectivity index (χ0n) is 11.6. The van der Waals surface area contributed by atoms with Crippen LogP contribution in [0.1, 0.15) is 31.7 Å².